The molecule has 0 unspecified atom stereocenters. The Kier molecular flexibility index (Phi) is 9.17. The lowest BCUT2D eigenvalue weighted by molar-refractivity contribution is 0.470. The number of aliphatic imine (C=N–C) groups is 1. The van der Waals surface area contributed by atoms with Gasteiger partial charge >= 0.3 is 0 Å². The fourth-order valence-corrected chi connectivity index (χ4v) is 4.52. The Labute approximate surface area is 187 Å². The molecule has 0 amide bonds. The molecule has 1 N–H and O–H groups in total. The maximum atomic E-state index is 4.53. The Hall–Kier alpha value is -1.00. The van der Waals surface area contributed by atoms with Gasteiger partial charge in [0.2, 0.25) is 0 Å². The van der Waals surface area contributed by atoms with Gasteiger partial charge in [0.05, 0.1) is 17.2 Å². The molecule has 1 aromatic carbocycles. The SMILES string of the molecule is CN=C(NCc1ccc(N2CCSCC2)cc1)N(C)Cc1csc(C)n1.I. The van der Waals surface area contributed by atoms with Crippen LogP contribution in [0.15, 0.2) is 34.6 Å². The molecule has 0 bridgehead atoms. The van der Waals surface area contributed by atoms with E-state index in [1.807, 2.05) is 32.8 Å². The van der Waals surface area contributed by atoms with Gasteiger partial charge in [-0.2, -0.15) is 11.8 Å². The first-order chi connectivity index (χ1) is 12.7. The molecule has 1 aromatic heterocycles. The average Bonchev–Trinajstić information content (AvgIpc) is 3.08. The molecule has 0 atom stereocenters. The van der Waals surface area contributed by atoms with Gasteiger partial charge in [0.15, 0.2) is 5.96 Å². The van der Waals surface area contributed by atoms with E-state index >= 15 is 0 Å². The predicted octanol–water partition coefficient (Wildman–Crippen LogP) is 3.83. The Morgan fingerprint density at radius 3 is 2.56 bits per heavy atom. The number of hydrogen-bond acceptors (Lipinski definition) is 5. The van der Waals surface area contributed by atoms with Crippen molar-refractivity contribution in [2.24, 2.45) is 4.99 Å². The first kappa shape index (κ1) is 22.3. The molecular formula is C19H28IN5S2. The van der Waals surface area contributed by atoms with Crippen LogP contribution in [0.25, 0.3) is 0 Å². The minimum Gasteiger partial charge on any atom is -0.370 e. The van der Waals surface area contributed by atoms with Gasteiger partial charge in [-0.1, -0.05) is 12.1 Å². The summed E-state index contributed by atoms with van der Waals surface area (Å²) in [5.74, 6) is 3.34. The summed E-state index contributed by atoms with van der Waals surface area (Å²) in [6.07, 6.45) is 0. The Morgan fingerprint density at radius 1 is 1.26 bits per heavy atom. The van der Waals surface area contributed by atoms with Crippen LogP contribution in [0.4, 0.5) is 5.69 Å². The molecule has 2 aromatic rings. The molecule has 27 heavy (non-hydrogen) atoms. The third kappa shape index (κ3) is 6.53. The molecule has 148 valence electrons. The molecule has 8 heteroatoms. The van der Waals surface area contributed by atoms with Gasteiger partial charge in [0.25, 0.3) is 0 Å². The van der Waals surface area contributed by atoms with E-state index in [9.17, 15) is 0 Å². The zero-order valence-corrected chi connectivity index (χ0v) is 20.1. The lowest BCUT2D eigenvalue weighted by atomic mass is 10.2. The summed E-state index contributed by atoms with van der Waals surface area (Å²) in [4.78, 5) is 13.5. The second kappa shape index (κ2) is 11.1. The van der Waals surface area contributed by atoms with Crippen molar-refractivity contribution >= 4 is 58.7 Å². The normalized spacial score (nSPS) is 14.6. The van der Waals surface area contributed by atoms with Crippen molar-refractivity contribution in [3.05, 3.63) is 45.9 Å². The summed E-state index contributed by atoms with van der Waals surface area (Å²) in [6, 6.07) is 8.89. The number of aryl methyl sites for hydroxylation is 1. The minimum atomic E-state index is 0. The molecule has 3 rings (SSSR count). The Balaban J connectivity index is 0.00000261. The van der Waals surface area contributed by atoms with Gasteiger partial charge in [-0.05, 0) is 24.6 Å². The van der Waals surface area contributed by atoms with Crippen molar-refractivity contribution in [1.29, 1.82) is 0 Å². The van der Waals surface area contributed by atoms with Gasteiger partial charge in [0.1, 0.15) is 0 Å². The highest BCUT2D eigenvalue weighted by Gasteiger charge is 2.11. The number of anilines is 1. The van der Waals surface area contributed by atoms with Crippen LogP contribution in [0.2, 0.25) is 0 Å². The number of thioether (sulfide) groups is 1. The maximum Gasteiger partial charge on any atom is 0.194 e. The van der Waals surface area contributed by atoms with Crippen molar-refractivity contribution < 1.29 is 0 Å². The predicted molar refractivity (Wildman–Crippen MR) is 130 cm³/mol. The second-order valence-electron chi connectivity index (χ2n) is 6.38. The summed E-state index contributed by atoms with van der Waals surface area (Å²) in [6.45, 7) is 5.86. The fraction of sp³-hybridized carbons (Fsp3) is 0.474. The highest BCUT2D eigenvalue weighted by atomic mass is 127. The van der Waals surface area contributed by atoms with E-state index in [1.54, 1.807) is 11.3 Å². The summed E-state index contributed by atoms with van der Waals surface area (Å²) in [7, 11) is 3.87. The van der Waals surface area contributed by atoms with Crippen molar-refractivity contribution in [2.75, 3.05) is 43.6 Å². The minimum absolute atomic E-state index is 0. The molecule has 5 nitrogen and oxygen atoms in total. The van der Waals surface area contributed by atoms with Crippen LogP contribution in [-0.2, 0) is 13.1 Å². The Bertz CT molecular complexity index is 726. The van der Waals surface area contributed by atoms with Crippen molar-refractivity contribution in [3.8, 4) is 0 Å². The van der Waals surface area contributed by atoms with Crippen LogP contribution in [-0.4, -0.2) is 54.5 Å². The summed E-state index contributed by atoms with van der Waals surface area (Å²) < 4.78 is 0. The average molecular weight is 518 g/mol. The molecule has 0 saturated carbocycles. The number of hydrogen-bond donors (Lipinski definition) is 1. The van der Waals surface area contributed by atoms with Gasteiger partial charge < -0.3 is 15.1 Å². The van der Waals surface area contributed by atoms with Crippen LogP contribution in [0, 0.1) is 6.92 Å². The zero-order chi connectivity index (χ0) is 18.4. The lowest BCUT2D eigenvalue weighted by Gasteiger charge is -2.28. The van der Waals surface area contributed by atoms with E-state index in [0.717, 1.165) is 42.8 Å². The first-order valence-corrected chi connectivity index (χ1v) is 10.9. The van der Waals surface area contributed by atoms with Crippen LogP contribution in [0.5, 0.6) is 0 Å². The quantitative estimate of drug-likeness (QED) is 0.371. The number of benzene rings is 1. The van der Waals surface area contributed by atoms with Crippen molar-refractivity contribution in [3.63, 3.8) is 0 Å². The van der Waals surface area contributed by atoms with Crippen molar-refractivity contribution in [1.82, 2.24) is 15.2 Å². The number of halogens is 1. The molecular weight excluding hydrogens is 489 g/mol. The lowest BCUT2D eigenvalue weighted by Crippen LogP contribution is -2.38. The maximum absolute atomic E-state index is 4.53. The zero-order valence-electron chi connectivity index (χ0n) is 16.1. The summed E-state index contributed by atoms with van der Waals surface area (Å²) in [5, 5.41) is 6.65. The van der Waals surface area contributed by atoms with Gasteiger partial charge in [-0.25, -0.2) is 4.98 Å². The number of nitrogens with zero attached hydrogens (tertiary/aromatic N) is 4. The molecule has 2 heterocycles. The van der Waals surface area contributed by atoms with Gasteiger partial charge in [-0.15, -0.1) is 35.3 Å². The number of nitrogens with one attached hydrogen (secondary N) is 1. The third-order valence-electron chi connectivity index (χ3n) is 4.40. The highest BCUT2D eigenvalue weighted by molar-refractivity contribution is 14.0. The molecule has 1 saturated heterocycles. The Morgan fingerprint density at radius 2 is 1.96 bits per heavy atom. The summed E-state index contributed by atoms with van der Waals surface area (Å²) in [5.41, 5.74) is 3.68. The van der Waals surface area contributed by atoms with Crippen molar-refractivity contribution in [2.45, 2.75) is 20.0 Å². The number of aromatic nitrogens is 1. The molecule has 0 radical (unpaired) electrons. The second-order valence-corrected chi connectivity index (χ2v) is 8.67. The summed E-state index contributed by atoms with van der Waals surface area (Å²) >= 11 is 3.73. The van der Waals surface area contributed by atoms with E-state index in [2.05, 4.69) is 54.7 Å². The highest BCUT2D eigenvalue weighted by Crippen LogP contribution is 2.20. The monoisotopic (exact) mass is 517 g/mol. The third-order valence-corrected chi connectivity index (χ3v) is 6.17. The molecule has 1 aliphatic rings. The number of rotatable bonds is 5. The first-order valence-electron chi connectivity index (χ1n) is 8.90. The van der Waals surface area contributed by atoms with Gasteiger partial charge in [0, 0.05) is 56.3 Å². The number of thiazole rings is 1. The van der Waals surface area contributed by atoms with Crippen LogP contribution >= 0.6 is 47.1 Å². The topological polar surface area (TPSA) is 43.8 Å². The molecule has 0 spiro atoms. The van der Waals surface area contributed by atoms with E-state index in [4.69, 9.17) is 0 Å². The van der Waals surface area contributed by atoms with Crippen LogP contribution in [0.1, 0.15) is 16.3 Å². The van der Waals surface area contributed by atoms with Crippen LogP contribution < -0.4 is 10.2 Å². The fourth-order valence-electron chi connectivity index (χ4n) is 3.01. The largest absolute Gasteiger partial charge is 0.370 e. The van der Waals surface area contributed by atoms with Gasteiger partial charge in [-0.3, -0.25) is 4.99 Å². The van der Waals surface area contributed by atoms with E-state index in [1.165, 1.54) is 22.8 Å². The molecule has 1 fully saturated rings. The number of guanidine groups is 1. The van der Waals surface area contributed by atoms with E-state index in [0.29, 0.717) is 0 Å². The smallest absolute Gasteiger partial charge is 0.194 e. The van der Waals surface area contributed by atoms with E-state index < -0.39 is 0 Å². The molecule has 1 aliphatic heterocycles. The standard InChI is InChI=1S/C19H27N5S2.HI/c1-15-22-17(14-26-15)13-23(3)19(20-2)21-12-16-4-6-18(7-5-16)24-8-10-25-11-9-24;/h4-7,14H,8-13H2,1-3H3,(H,20,21);1H. The molecule has 0 aliphatic carbocycles. The van der Waals surface area contributed by atoms with E-state index in [-0.39, 0.29) is 24.0 Å². The van der Waals surface area contributed by atoms with Crippen LogP contribution in [0.3, 0.4) is 0 Å².